The van der Waals surface area contributed by atoms with Crippen LogP contribution in [0.2, 0.25) is 0 Å². The van der Waals surface area contributed by atoms with E-state index in [0.717, 1.165) is 15.3 Å². The maximum atomic E-state index is 4.67. The third-order valence-corrected chi connectivity index (χ3v) is 5.28. The Labute approximate surface area is 130 Å². The Bertz CT molecular complexity index is 827. The first-order valence-electron chi connectivity index (χ1n) is 6.63. The number of benzene rings is 2. The summed E-state index contributed by atoms with van der Waals surface area (Å²) in [6.45, 7) is 0.701. The summed E-state index contributed by atoms with van der Waals surface area (Å²) < 4.78 is 2.05. The third kappa shape index (κ3) is 3.56. The average molecular weight is 313 g/mol. The molecule has 0 saturated heterocycles. The van der Waals surface area contributed by atoms with Crippen LogP contribution in [0.3, 0.4) is 0 Å². The van der Waals surface area contributed by atoms with Gasteiger partial charge in [-0.2, -0.15) is 0 Å². The minimum atomic E-state index is 0.701. The molecule has 5 heteroatoms. The van der Waals surface area contributed by atoms with Crippen LogP contribution in [0, 0.1) is 0 Å². The largest absolute Gasteiger partial charge is 0.296 e. The molecule has 0 spiro atoms. The Hall–Kier alpha value is -1.98. The zero-order valence-corrected chi connectivity index (χ0v) is 13.3. The summed E-state index contributed by atoms with van der Waals surface area (Å²) in [4.78, 5) is 11.3. The number of para-hydroxylation sites is 1. The van der Waals surface area contributed by atoms with Crippen molar-refractivity contribution in [3.63, 3.8) is 0 Å². The van der Waals surface area contributed by atoms with Crippen molar-refractivity contribution in [1.82, 2.24) is 4.57 Å². The van der Waals surface area contributed by atoms with Crippen molar-refractivity contribution >= 4 is 26.4 Å². The normalized spacial score (nSPS) is 12.8. The van der Waals surface area contributed by atoms with Gasteiger partial charge in [0.1, 0.15) is 0 Å². The molecule has 3 rings (SSSR count). The van der Waals surface area contributed by atoms with Gasteiger partial charge < -0.3 is 0 Å². The van der Waals surface area contributed by atoms with Crippen LogP contribution in [0.1, 0.15) is 5.56 Å². The highest BCUT2D eigenvalue weighted by Gasteiger charge is 1.97. The fourth-order valence-electron chi connectivity index (χ4n) is 1.85. The lowest BCUT2D eigenvalue weighted by atomic mass is 10.2. The first-order chi connectivity index (χ1) is 10.3. The molecule has 0 aliphatic heterocycles. The molecule has 21 heavy (non-hydrogen) atoms. The fourth-order valence-corrected chi connectivity index (χ4v) is 4.10. The molecule has 0 atom stereocenters. The molecule has 2 aromatic carbocycles. The van der Waals surface area contributed by atoms with E-state index in [1.807, 2.05) is 60.1 Å². The lowest BCUT2D eigenvalue weighted by molar-refractivity contribution is 0.803. The Morgan fingerprint density at radius 3 is 2.19 bits per heavy atom. The first kappa shape index (κ1) is 14.0. The monoisotopic (exact) mass is 313 g/mol. The minimum absolute atomic E-state index is 0.701. The lowest BCUT2D eigenvalue weighted by Gasteiger charge is -1.95. The van der Waals surface area contributed by atoms with Gasteiger partial charge in [0.05, 0.1) is 12.2 Å². The van der Waals surface area contributed by atoms with E-state index in [1.54, 1.807) is 20.7 Å². The van der Waals surface area contributed by atoms with E-state index in [-0.39, 0.29) is 0 Å². The number of hydrogen-bond donors (Lipinski definition) is 0. The van der Waals surface area contributed by atoms with Crippen molar-refractivity contribution in [3.05, 3.63) is 75.8 Å². The molecule has 0 unspecified atom stereocenters. The number of rotatable bonds is 3. The standard InChI is InChI=1S/C16H15N3S2/c1-19-15(17-12-13-8-4-2-5-9-13)20-21-16(19)18-14-10-6-3-7-11-14/h2-11H,12H2,1H3. The predicted octanol–water partition coefficient (Wildman–Crippen LogP) is 3.48. The van der Waals surface area contributed by atoms with Crippen molar-refractivity contribution in [3.8, 4) is 0 Å². The van der Waals surface area contributed by atoms with Gasteiger partial charge in [-0.1, -0.05) is 48.5 Å². The van der Waals surface area contributed by atoms with Gasteiger partial charge in [0.25, 0.3) is 0 Å². The second-order valence-electron chi connectivity index (χ2n) is 4.54. The van der Waals surface area contributed by atoms with E-state index < -0.39 is 0 Å². The molecule has 0 saturated carbocycles. The van der Waals surface area contributed by atoms with Crippen molar-refractivity contribution in [2.24, 2.45) is 17.0 Å². The molecule has 3 aromatic rings. The molecule has 0 aliphatic rings. The van der Waals surface area contributed by atoms with Crippen molar-refractivity contribution in [2.45, 2.75) is 6.54 Å². The van der Waals surface area contributed by atoms with Gasteiger partial charge in [-0.15, -0.1) is 0 Å². The van der Waals surface area contributed by atoms with Crippen LogP contribution in [0.5, 0.6) is 0 Å². The summed E-state index contributed by atoms with van der Waals surface area (Å²) in [5.74, 6) is 0. The first-order valence-corrected chi connectivity index (χ1v) is 8.78. The summed E-state index contributed by atoms with van der Waals surface area (Å²) in [6, 6.07) is 20.3. The smallest absolute Gasteiger partial charge is 0.202 e. The molecule has 3 nitrogen and oxygen atoms in total. The maximum absolute atomic E-state index is 4.67. The van der Waals surface area contributed by atoms with E-state index in [0.29, 0.717) is 6.54 Å². The Morgan fingerprint density at radius 2 is 1.48 bits per heavy atom. The SMILES string of the molecule is Cn1c(=NCc2ccccc2)ssc1=Nc1ccccc1. The second-order valence-corrected chi connectivity index (χ2v) is 6.60. The van der Waals surface area contributed by atoms with Crippen LogP contribution >= 0.6 is 20.7 Å². The van der Waals surface area contributed by atoms with Gasteiger partial charge in [-0.05, 0) is 38.4 Å². The van der Waals surface area contributed by atoms with Gasteiger partial charge >= 0.3 is 0 Å². The topological polar surface area (TPSA) is 29.6 Å². The fraction of sp³-hybridized carbons (Fsp3) is 0.125. The summed E-state index contributed by atoms with van der Waals surface area (Å²) in [5.41, 5.74) is 2.19. The molecule has 0 amide bonds. The highest BCUT2D eigenvalue weighted by molar-refractivity contribution is 7.67. The second kappa shape index (κ2) is 6.65. The minimum Gasteiger partial charge on any atom is -0.296 e. The molecule has 0 bridgehead atoms. The van der Waals surface area contributed by atoms with Gasteiger partial charge in [0, 0.05) is 7.05 Å². The van der Waals surface area contributed by atoms with E-state index in [4.69, 9.17) is 0 Å². The summed E-state index contributed by atoms with van der Waals surface area (Å²) in [7, 11) is 5.32. The van der Waals surface area contributed by atoms with Gasteiger partial charge in [0.15, 0.2) is 4.80 Å². The predicted molar refractivity (Wildman–Crippen MR) is 88.5 cm³/mol. The molecule has 0 fully saturated rings. The van der Waals surface area contributed by atoms with Crippen LogP contribution in [0.15, 0.2) is 70.6 Å². The summed E-state index contributed by atoms with van der Waals surface area (Å²) in [6.07, 6.45) is 0. The Kier molecular flexibility index (Phi) is 4.43. The number of hydrogen-bond acceptors (Lipinski definition) is 4. The van der Waals surface area contributed by atoms with Crippen LogP contribution in [0.4, 0.5) is 5.69 Å². The molecular weight excluding hydrogens is 298 g/mol. The van der Waals surface area contributed by atoms with E-state index in [1.165, 1.54) is 5.56 Å². The molecule has 1 heterocycles. The van der Waals surface area contributed by atoms with Crippen molar-refractivity contribution in [2.75, 3.05) is 0 Å². The molecule has 0 N–H and O–H groups in total. The lowest BCUT2D eigenvalue weighted by Crippen LogP contribution is -2.22. The Balaban J connectivity index is 1.91. The molecule has 0 aliphatic carbocycles. The van der Waals surface area contributed by atoms with Crippen LogP contribution in [-0.2, 0) is 13.6 Å². The number of nitrogens with zero attached hydrogens (tertiary/aromatic N) is 3. The summed E-state index contributed by atoms with van der Waals surface area (Å²) >= 11 is 0. The molecule has 1 aromatic heterocycles. The number of aromatic nitrogens is 1. The van der Waals surface area contributed by atoms with E-state index in [9.17, 15) is 0 Å². The van der Waals surface area contributed by atoms with Crippen molar-refractivity contribution in [1.29, 1.82) is 0 Å². The quantitative estimate of drug-likeness (QED) is 0.663. The van der Waals surface area contributed by atoms with Gasteiger partial charge in [-0.25, -0.2) is 4.99 Å². The highest BCUT2D eigenvalue weighted by Crippen LogP contribution is 2.08. The molecule has 106 valence electrons. The van der Waals surface area contributed by atoms with Gasteiger partial charge in [0.2, 0.25) is 4.80 Å². The average Bonchev–Trinajstić information content (AvgIpc) is 2.88. The van der Waals surface area contributed by atoms with Crippen molar-refractivity contribution < 1.29 is 0 Å². The molecule has 0 radical (unpaired) electrons. The van der Waals surface area contributed by atoms with E-state index >= 15 is 0 Å². The maximum Gasteiger partial charge on any atom is 0.202 e. The zero-order chi connectivity index (χ0) is 14.5. The zero-order valence-electron chi connectivity index (χ0n) is 11.6. The van der Waals surface area contributed by atoms with E-state index in [2.05, 4.69) is 22.1 Å². The van der Waals surface area contributed by atoms with Crippen LogP contribution in [-0.4, -0.2) is 4.57 Å². The Morgan fingerprint density at radius 1 is 0.857 bits per heavy atom. The van der Waals surface area contributed by atoms with Crippen LogP contribution in [0.25, 0.3) is 0 Å². The third-order valence-electron chi connectivity index (χ3n) is 2.99. The highest BCUT2D eigenvalue weighted by atomic mass is 32.9. The summed E-state index contributed by atoms with van der Waals surface area (Å²) in [5, 5.41) is 0. The molecular formula is C16H15N3S2. The van der Waals surface area contributed by atoms with Crippen LogP contribution < -0.4 is 9.60 Å². The van der Waals surface area contributed by atoms with Gasteiger partial charge in [-0.3, -0.25) is 9.56 Å².